The van der Waals surface area contributed by atoms with Crippen molar-refractivity contribution in [3.63, 3.8) is 0 Å². The lowest BCUT2D eigenvalue weighted by molar-refractivity contribution is 0.200. The van der Waals surface area contributed by atoms with Crippen LogP contribution in [0.1, 0.15) is 63.9 Å². The summed E-state index contributed by atoms with van der Waals surface area (Å²) in [6.45, 7) is 4.81. The summed E-state index contributed by atoms with van der Waals surface area (Å²) < 4.78 is 5.43. The Bertz CT molecular complexity index is 627. The van der Waals surface area contributed by atoms with Crippen LogP contribution < -0.4 is 10.1 Å². The Morgan fingerprint density at radius 3 is 3.00 bits per heavy atom. The number of benzene rings is 1. The lowest BCUT2D eigenvalue weighted by Gasteiger charge is -2.34. The summed E-state index contributed by atoms with van der Waals surface area (Å²) in [5.41, 5.74) is 2.15. The Morgan fingerprint density at radius 1 is 1.24 bits per heavy atom. The highest BCUT2D eigenvalue weighted by atomic mass is 16.6. The molecule has 0 aromatic heterocycles. The molecule has 25 heavy (non-hydrogen) atoms. The van der Waals surface area contributed by atoms with Gasteiger partial charge in [0.2, 0.25) is 0 Å². The first kappa shape index (κ1) is 17.8. The van der Waals surface area contributed by atoms with Crippen molar-refractivity contribution in [2.45, 2.75) is 64.8 Å². The second kappa shape index (κ2) is 8.88. The molecule has 2 heterocycles. The third-order valence-corrected chi connectivity index (χ3v) is 4.87. The van der Waals surface area contributed by atoms with E-state index in [1.54, 1.807) is 0 Å². The number of ether oxygens (including phenoxy) is 1. The van der Waals surface area contributed by atoms with E-state index in [0.717, 1.165) is 43.6 Å². The first-order valence-electron chi connectivity index (χ1n) is 9.67. The Labute approximate surface area is 150 Å². The number of hydrogen-bond acceptors (Lipinski definition) is 4. The van der Waals surface area contributed by atoms with Gasteiger partial charge in [0.15, 0.2) is 0 Å². The van der Waals surface area contributed by atoms with Gasteiger partial charge in [-0.1, -0.05) is 32.6 Å². The van der Waals surface area contributed by atoms with Gasteiger partial charge >= 0.3 is 6.09 Å². The van der Waals surface area contributed by atoms with Gasteiger partial charge in [0, 0.05) is 31.6 Å². The molecule has 3 rings (SSSR count). The van der Waals surface area contributed by atoms with Gasteiger partial charge in [0.05, 0.1) is 5.69 Å². The predicted octanol–water partition coefficient (Wildman–Crippen LogP) is 4.77. The molecule has 2 aliphatic rings. The molecular weight excluding hydrogens is 314 g/mol. The molecule has 5 heteroatoms. The fraction of sp³-hybridized carbons (Fsp3) is 0.600. The number of carbonyl (C=O) groups excluding carboxylic acids is 1. The number of nitrogens with one attached hydrogen (secondary N) is 1. The molecule has 0 atom stereocenters. The third kappa shape index (κ3) is 4.97. The van der Waals surface area contributed by atoms with Crippen LogP contribution in [0.25, 0.3) is 0 Å². The number of amides is 1. The van der Waals surface area contributed by atoms with Gasteiger partial charge < -0.3 is 15.0 Å². The highest BCUT2D eigenvalue weighted by Gasteiger charge is 2.22. The lowest BCUT2D eigenvalue weighted by atomic mass is 10.0. The normalized spacial score (nSPS) is 15.9. The molecule has 2 aliphatic heterocycles. The van der Waals surface area contributed by atoms with Crippen LogP contribution in [-0.4, -0.2) is 29.9 Å². The number of hydrogen-bond donors (Lipinski definition) is 1. The minimum absolute atomic E-state index is 0.367. The van der Waals surface area contributed by atoms with Crippen LogP contribution in [0, 0.1) is 0 Å². The second-order valence-corrected chi connectivity index (χ2v) is 6.93. The van der Waals surface area contributed by atoms with Crippen LogP contribution in [-0.2, 0) is 6.54 Å². The van der Waals surface area contributed by atoms with Gasteiger partial charge in [-0.2, -0.15) is 0 Å². The number of amidine groups is 1. The number of nitrogens with zero attached hydrogens (tertiary/aromatic N) is 2. The molecule has 1 amide bonds. The molecule has 0 radical (unpaired) electrons. The van der Waals surface area contributed by atoms with Gasteiger partial charge in [-0.15, -0.1) is 0 Å². The van der Waals surface area contributed by atoms with Crippen molar-refractivity contribution in [3.05, 3.63) is 23.8 Å². The number of piperidine rings is 1. The first-order chi connectivity index (χ1) is 12.3. The highest BCUT2D eigenvalue weighted by Crippen LogP contribution is 2.32. The van der Waals surface area contributed by atoms with Crippen molar-refractivity contribution in [3.8, 4) is 5.75 Å². The van der Waals surface area contributed by atoms with E-state index >= 15 is 0 Å². The average molecular weight is 343 g/mol. The Morgan fingerprint density at radius 2 is 2.12 bits per heavy atom. The van der Waals surface area contributed by atoms with Crippen LogP contribution in [0.4, 0.5) is 10.5 Å². The van der Waals surface area contributed by atoms with Crippen molar-refractivity contribution in [1.82, 2.24) is 10.2 Å². The fourth-order valence-corrected chi connectivity index (χ4v) is 3.44. The van der Waals surface area contributed by atoms with E-state index in [4.69, 9.17) is 9.73 Å². The molecule has 0 saturated carbocycles. The van der Waals surface area contributed by atoms with Crippen molar-refractivity contribution in [1.29, 1.82) is 0 Å². The standard InChI is InChI=1S/C20H29N3O2/c1-2-3-4-5-7-12-21-20(24)25-17-10-11-18-16(14-17)15-23-13-8-6-9-19(23)22-18/h10-11,14H,2-9,12-13,15H2,1H3,(H,21,24). The van der Waals surface area contributed by atoms with E-state index in [9.17, 15) is 4.79 Å². The van der Waals surface area contributed by atoms with Crippen LogP contribution >= 0.6 is 0 Å². The van der Waals surface area contributed by atoms with Crippen molar-refractivity contribution >= 4 is 17.6 Å². The van der Waals surface area contributed by atoms with Crippen LogP contribution in [0.3, 0.4) is 0 Å². The Hall–Kier alpha value is -2.04. The number of fused-ring (bicyclic) bond motifs is 2. The number of carbonyl (C=O) groups is 1. The molecular formula is C20H29N3O2. The number of rotatable bonds is 7. The van der Waals surface area contributed by atoms with Crippen molar-refractivity contribution < 1.29 is 9.53 Å². The zero-order chi connectivity index (χ0) is 17.5. The van der Waals surface area contributed by atoms with Crippen molar-refractivity contribution in [2.75, 3.05) is 13.1 Å². The smallest absolute Gasteiger partial charge is 0.410 e. The monoisotopic (exact) mass is 343 g/mol. The molecule has 1 fully saturated rings. The molecule has 0 unspecified atom stereocenters. The highest BCUT2D eigenvalue weighted by molar-refractivity contribution is 5.87. The first-order valence-corrected chi connectivity index (χ1v) is 9.67. The predicted molar refractivity (Wildman–Crippen MR) is 101 cm³/mol. The summed E-state index contributed by atoms with van der Waals surface area (Å²) >= 11 is 0. The Kier molecular flexibility index (Phi) is 6.31. The average Bonchev–Trinajstić information content (AvgIpc) is 2.63. The van der Waals surface area contributed by atoms with E-state index in [0.29, 0.717) is 12.3 Å². The number of unbranched alkanes of at least 4 members (excludes halogenated alkanes) is 4. The molecule has 0 spiro atoms. The van der Waals surface area contributed by atoms with Gasteiger partial charge in [0.1, 0.15) is 11.6 Å². The molecule has 1 N–H and O–H groups in total. The molecule has 1 aromatic rings. The summed E-state index contributed by atoms with van der Waals surface area (Å²) in [5.74, 6) is 1.80. The number of aliphatic imine (C=N–C) groups is 1. The summed E-state index contributed by atoms with van der Waals surface area (Å²) in [7, 11) is 0. The van der Waals surface area contributed by atoms with Gasteiger partial charge in [-0.25, -0.2) is 9.79 Å². The van der Waals surface area contributed by atoms with Crippen molar-refractivity contribution in [2.24, 2.45) is 4.99 Å². The van der Waals surface area contributed by atoms with E-state index in [2.05, 4.69) is 17.1 Å². The van der Waals surface area contributed by atoms with Crippen LogP contribution in [0.15, 0.2) is 23.2 Å². The maximum atomic E-state index is 11.9. The molecule has 0 aliphatic carbocycles. The second-order valence-electron chi connectivity index (χ2n) is 6.93. The molecule has 1 saturated heterocycles. The maximum absolute atomic E-state index is 11.9. The SMILES string of the molecule is CCCCCCCNC(=O)Oc1ccc2c(c1)CN1CCCCC1=N2. The third-order valence-electron chi connectivity index (χ3n) is 4.87. The van der Waals surface area contributed by atoms with Gasteiger partial charge in [0.25, 0.3) is 0 Å². The van der Waals surface area contributed by atoms with Crippen LogP contribution in [0.5, 0.6) is 5.75 Å². The maximum Gasteiger partial charge on any atom is 0.412 e. The zero-order valence-electron chi connectivity index (χ0n) is 15.2. The van der Waals surface area contributed by atoms with Gasteiger partial charge in [-0.3, -0.25) is 0 Å². The van der Waals surface area contributed by atoms with Gasteiger partial charge in [-0.05, 0) is 37.5 Å². The molecule has 5 nitrogen and oxygen atoms in total. The van der Waals surface area contributed by atoms with E-state index in [1.807, 2.05) is 18.2 Å². The minimum atomic E-state index is -0.367. The van der Waals surface area contributed by atoms with E-state index < -0.39 is 0 Å². The van der Waals surface area contributed by atoms with E-state index in [1.165, 1.54) is 37.9 Å². The quantitative estimate of drug-likeness (QED) is 0.725. The molecule has 136 valence electrons. The fourth-order valence-electron chi connectivity index (χ4n) is 3.44. The summed E-state index contributed by atoms with van der Waals surface area (Å²) in [5, 5.41) is 2.83. The largest absolute Gasteiger partial charge is 0.412 e. The minimum Gasteiger partial charge on any atom is -0.410 e. The Balaban J connectivity index is 1.49. The zero-order valence-corrected chi connectivity index (χ0v) is 15.2. The summed E-state index contributed by atoms with van der Waals surface area (Å²) in [6, 6.07) is 5.74. The van der Waals surface area contributed by atoms with Crippen LogP contribution in [0.2, 0.25) is 0 Å². The summed E-state index contributed by atoms with van der Waals surface area (Å²) in [6.07, 6.45) is 9.05. The lowest BCUT2D eigenvalue weighted by Crippen LogP contribution is -2.36. The van der Waals surface area contributed by atoms with E-state index in [-0.39, 0.29) is 6.09 Å². The molecule has 1 aromatic carbocycles. The topological polar surface area (TPSA) is 53.9 Å². The summed E-state index contributed by atoms with van der Waals surface area (Å²) in [4.78, 5) is 19.0. The molecule has 0 bridgehead atoms.